The molecule has 8 heteroatoms. The molecule has 3 aromatic carbocycles. The smallest absolute Gasteiger partial charge is 0.335 e. The molecule has 4 rings (SSSR count). The Labute approximate surface area is 210 Å². The maximum Gasteiger partial charge on any atom is 0.335 e. The SMILES string of the molecule is CCOc1ccc(N2C(=O)NC(=O)/C(=C\c3ccc(Cc4ccccc4Br)c(Cl)c3)C2=O)cc1. The highest BCUT2D eigenvalue weighted by Crippen LogP contribution is 2.27. The second kappa shape index (κ2) is 10.2. The quantitative estimate of drug-likeness (QED) is 0.319. The van der Waals surface area contributed by atoms with Gasteiger partial charge in [-0.1, -0.05) is 57.9 Å². The van der Waals surface area contributed by atoms with Crippen molar-refractivity contribution >= 4 is 57.1 Å². The van der Waals surface area contributed by atoms with Gasteiger partial charge in [-0.25, -0.2) is 9.69 Å². The largest absolute Gasteiger partial charge is 0.494 e. The zero-order valence-corrected chi connectivity index (χ0v) is 20.5. The normalized spacial score (nSPS) is 15.0. The van der Waals surface area contributed by atoms with Crippen molar-refractivity contribution in [3.8, 4) is 5.75 Å². The van der Waals surface area contributed by atoms with Gasteiger partial charge in [-0.15, -0.1) is 0 Å². The van der Waals surface area contributed by atoms with Gasteiger partial charge in [0.2, 0.25) is 0 Å². The average Bonchev–Trinajstić information content (AvgIpc) is 2.81. The first-order valence-electron chi connectivity index (χ1n) is 10.5. The number of nitrogens with zero attached hydrogens (tertiary/aromatic N) is 1. The van der Waals surface area contributed by atoms with Crippen molar-refractivity contribution in [3.05, 3.63) is 98.5 Å². The molecule has 1 heterocycles. The number of ether oxygens (including phenoxy) is 1. The van der Waals surface area contributed by atoms with E-state index in [2.05, 4.69) is 21.2 Å². The summed E-state index contributed by atoms with van der Waals surface area (Å²) in [5, 5.41) is 2.73. The van der Waals surface area contributed by atoms with Gasteiger partial charge in [0.05, 0.1) is 12.3 Å². The van der Waals surface area contributed by atoms with Crippen molar-refractivity contribution in [2.45, 2.75) is 13.3 Å². The van der Waals surface area contributed by atoms with E-state index < -0.39 is 17.8 Å². The first-order valence-corrected chi connectivity index (χ1v) is 11.7. The maximum absolute atomic E-state index is 13.1. The van der Waals surface area contributed by atoms with Crippen molar-refractivity contribution in [2.24, 2.45) is 0 Å². The fraction of sp³-hybridized carbons (Fsp3) is 0.115. The van der Waals surface area contributed by atoms with Gasteiger partial charge in [-0.2, -0.15) is 0 Å². The molecule has 6 nitrogen and oxygen atoms in total. The number of hydrogen-bond acceptors (Lipinski definition) is 4. The molecule has 1 aliphatic rings. The van der Waals surface area contributed by atoms with E-state index in [1.807, 2.05) is 37.3 Å². The Morgan fingerprint density at radius 3 is 2.41 bits per heavy atom. The number of urea groups is 1. The summed E-state index contributed by atoms with van der Waals surface area (Å²) in [4.78, 5) is 38.9. The van der Waals surface area contributed by atoms with Crippen LogP contribution in [0.1, 0.15) is 23.6 Å². The molecule has 34 heavy (non-hydrogen) atoms. The molecule has 0 spiro atoms. The number of imide groups is 2. The number of amides is 4. The predicted octanol–water partition coefficient (Wildman–Crippen LogP) is 5.76. The summed E-state index contributed by atoms with van der Waals surface area (Å²) in [5.41, 5.74) is 2.72. The van der Waals surface area contributed by atoms with Crippen molar-refractivity contribution in [2.75, 3.05) is 11.5 Å². The summed E-state index contributed by atoms with van der Waals surface area (Å²) < 4.78 is 6.39. The van der Waals surface area contributed by atoms with Gasteiger partial charge in [0.1, 0.15) is 11.3 Å². The standard InChI is InChI=1S/C26H20BrClN2O4/c1-2-34-20-11-9-19(10-12-20)30-25(32)21(24(31)29-26(30)33)13-16-7-8-18(23(28)14-16)15-17-5-3-4-6-22(17)27/h3-14H,2,15H2,1H3,(H,29,31,33)/b21-13+. The van der Waals surface area contributed by atoms with Crippen LogP contribution >= 0.6 is 27.5 Å². The molecular formula is C26H20BrClN2O4. The Kier molecular flexibility index (Phi) is 7.14. The van der Waals surface area contributed by atoms with Crippen molar-refractivity contribution in [1.82, 2.24) is 5.32 Å². The minimum absolute atomic E-state index is 0.164. The van der Waals surface area contributed by atoms with Crippen LogP contribution in [-0.4, -0.2) is 24.5 Å². The van der Waals surface area contributed by atoms with E-state index >= 15 is 0 Å². The fourth-order valence-electron chi connectivity index (χ4n) is 3.56. The lowest BCUT2D eigenvalue weighted by Crippen LogP contribution is -2.54. The summed E-state index contributed by atoms with van der Waals surface area (Å²) in [6.45, 7) is 2.35. The zero-order valence-electron chi connectivity index (χ0n) is 18.2. The van der Waals surface area contributed by atoms with Crippen LogP contribution in [0.2, 0.25) is 5.02 Å². The molecule has 0 bridgehead atoms. The van der Waals surface area contributed by atoms with Crippen LogP contribution < -0.4 is 15.0 Å². The van der Waals surface area contributed by atoms with Crippen LogP contribution in [0.3, 0.4) is 0 Å². The first kappa shape index (κ1) is 23.7. The van der Waals surface area contributed by atoms with Crippen molar-refractivity contribution in [1.29, 1.82) is 0 Å². The number of halogens is 2. The molecule has 0 radical (unpaired) electrons. The molecule has 1 aliphatic heterocycles. The van der Waals surface area contributed by atoms with E-state index in [1.54, 1.807) is 36.4 Å². The third-order valence-electron chi connectivity index (χ3n) is 5.23. The summed E-state index contributed by atoms with van der Waals surface area (Å²) in [7, 11) is 0. The maximum atomic E-state index is 13.1. The second-order valence-electron chi connectivity index (χ2n) is 7.50. The number of barbiturate groups is 1. The number of benzene rings is 3. The number of hydrogen-bond donors (Lipinski definition) is 1. The number of nitrogens with one attached hydrogen (secondary N) is 1. The van der Waals surface area contributed by atoms with Gasteiger partial charge in [-0.3, -0.25) is 14.9 Å². The first-order chi connectivity index (χ1) is 16.4. The van der Waals surface area contributed by atoms with E-state index in [4.69, 9.17) is 16.3 Å². The molecule has 0 saturated carbocycles. The lowest BCUT2D eigenvalue weighted by Gasteiger charge is -2.26. The Hall–Kier alpha value is -3.42. The Balaban J connectivity index is 1.60. The highest BCUT2D eigenvalue weighted by Gasteiger charge is 2.36. The number of anilines is 1. The third kappa shape index (κ3) is 5.05. The minimum atomic E-state index is -0.807. The summed E-state index contributed by atoms with van der Waals surface area (Å²) in [6.07, 6.45) is 2.05. The Morgan fingerprint density at radius 2 is 1.74 bits per heavy atom. The van der Waals surface area contributed by atoms with Crippen LogP contribution in [0, 0.1) is 0 Å². The molecule has 0 aliphatic carbocycles. The highest BCUT2D eigenvalue weighted by atomic mass is 79.9. The topological polar surface area (TPSA) is 75.7 Å². The minimum Gasteiger partial charge on any atom is -0.494 e. The van der Waals surface area contributed by atoms with E-state index in [0.29, 0.717) is 35.1 Å². The molecule has 0 unspecified atom stereocenters. The molecule has 1 saturated heterocycles. The Bertz CT molecular complexity index is 1300. The second-order valence-corrected chi connectivity index (χ2v) is 8.77. The number of rotatable bonds is 6. The van der Waals surface area contributed by atoms with Crippen molar-refractivity contribution < 1.29 is 19.1 Å². The highest BCUT2D eigenvalue weighted by molar-refractivity contribution is 9.10. The molecule has 0 aromatic heterocycles. The summed E-state index contributed by atoms with van der Waals surface area (Å²) >= 11 is 10.0. The molecule has 0 atom stereocenters. The molecule has 172 valence electrons. The zero-order chi connectivity index (χ0) is 24.2. The van der Waals surface area contributed by atoms with E-state index in [-0.39, 0.29) is 5.57 Å². The lowest BCUT2D eigenvalue weighted by atomic mass is 10.0. The van der Waals surface area contributed by atoms with Gasteiger partial charge in [0, 0.05) is 15.9 Å². The van der Waals surface area contributed by atoms with Gasteiger partial charge in [0.25, 0.3) is 11.8 Å². The monoisotopic (exact) mass is 538 g/mol. The van der Waals surface area contributed by atoms with Gasteiger partial charge in [0.15, 0.2) is 0 Å². The molecule has 1 fully saturated rings. The van der Waals surface area contributed by atoms with Crippen LogP contribution in [0.25, 0.3) is 6.08 Å². The van der Waals surface area contributed by atoms with Gasteiger partial charge >= 0.3 is 6.03 Å². The number of carbonyl (C=O) groups excluding carboxylic acids is 3. The molecule has 3 aromatic rings. The molecule has 1 N–H and O–H groups in total. The number of carbonyl (C=O) groups is 3. The lowest BCUT2D eigenvalue weighted by molar-refractivity contribution is -0.122. The van der Waals surface area contributed by atoms with Crippen LogP contribution in [0.5, 0.6) is 5.75 Å². The summed E-state index contributed by atoms with van der Waals surface area (Å²) in [5.74, 6) is -0.864. The van der Waals surface area contributed by atoms with Crippen LogP contribution in [0.4, 0.5) is 10.5 Å². The van der Waals surface area contributed by atoms with E-state index in [1.165, 1.54) is 6.08 Å². The fourth-order valence-corrected chi connectivity index (χ4v) is 4.24. The average molecular weight is 540 g/mol. The predicted molar refractivity (Wildman–Crippen MR) is 135 cm³/mol. The molecule has 4 amide bonds. The summed E-state index contributed by atoms with van der Waals surface area (Å²) in [6, 6.07) is 18.9. The van der Waals surface area contributed by atoms with Gasteiger partial charge in [-0.05, 0) is 66.1 Å². The van der Waals surface area contributed by atoms with E-state index in [9.17, 15) is 14.4 Å². The van der Waals surface area contributed by atoms with Gasteiger partial charge < -0.3 is 4.74 Å². The molecular weight excluding hydrogens is 520 g/mol. The third-order valence-corrected chi connectivity index (χ3v) is 6.36. The van der Waals surface area contributed by atoms with Crippen LogP contribution in [-0.2, 0) is 16.0 Å². The van der Waals surface area contributed by atoms with Crippen LogP contribution in [0.15, 0.2) is 76.8 Å². The van der Waals surface area contributed by atoms with Crippen molar-refractivity contribution in [3.63, 3.8) is 0 Å². The Morgan fingerprint density at radius 1 is 1.00 bits per heavy atom. The van der Waals surface area contributed by atoms with E-state index in [0.717, 1.165) is 20.5 Å².